The minimum atomic E-state index is 0.0809. The van der Waals surface area contributed by atoms with Crippen molar-refractivity contribution in [1.29, 1.82) is 0 Å². The van der Waals surface area contributed by atoms with Crippen LogP contribution in [0, 0.1) is 4.77 Å². The smallest absolute Gasteiger partial charge is 0.216 e. The highest BCUT2D eigenvalue weighted by atomic mass is 32.1. The number of H-pyrrole nitrogens is 1. The molecular weight excluding hydrogens is 324 g/mol. The maximum Gasteiger partial charge on any atom is 0.216 e. The summed E-state index contributed by atoms with van der Waals surface area (Å²) >= 11 is 5.30. The third kappa shape index (κ3) is 3.51. The summed E-state index contributed by atoms with van der Waals surface area (Å²) in [4.78, 5) is 0. The molecule has 1 heterocycles. The molecule has 1 aromatic carbocycles. The zero-order valence-corrected chi connectivity index (χ0v) is 14.6. The van der Waals surface area contributed by atoms with Crippen molar-refractivity contribution in [1.82, 2.24) is 14.9 Å². The summed E-state index contributed by atoms with van der Waals surface area (Å²) < 4.78 is 7.53. The number of benzene rings is 1. The lowest BCUT2D eigenvalue weighted by atomic mass is 9.89. The minimum absolute atomic E-state index is 0.0809. The molecule has 0 spiro atoms. The fourth-order valence-electron chi connectivity index (χ4n) is 3.08. The minimum Gasteiger partial charge on any atom is -0.504 e. The zero-order chi connectivity index (χ0) is 16.9. The fraction of sp³-hybridized carbons (Fsp3) is 0.471. The van der Waals surface area contributed by atoms with Crippen molar-refractivity contribution < 1.29 is 9.84 Å². The molecule has 0 atom stereocenters. The van der Waals surface area contributed by atoms with Crippen molar-refractivity contribution in [2.45, 2.75) is 44.9 Å². The molecule has 0 bridgehead atoms. The quantitative estimate of drug-likeness (QED) is 0.634. The van der Waals surface area contributed by atoms with Crippen LogP contribution in [0.3, 0.4) is 0 Å². The fourth-order valence-corrected chi connectivity index (χ4v) is 3.26. The summed E-state index contributed by atoms with van der Waals surface area (Å²) in [5.74, 6) is 1.78. The van der Waals surface area contributed by atoms with Gasteiger partial charge in [-0.25, -0.2) is 0 Å². The van der Waals surface area contributed by atoms with Gasteiger partial charge in [0.25, 0.3) is 0 Å². The summed E-state index contributed by atoms with van der Waals surface area (Å²) in [6.07, 6.45) is 7.52. The number of ether oxygens (including phenoxy) is 1. The first-order valence-electron chi connectivity index (χ1n) is 8.37. The molecule has 2 N–H and O–H groups in total. The number of aromatic nitrogens is 3. The maximum absolute atomic E-state index is 10.3. The lowest BCUT2D eigenvalue weighted by molar-refractivity contribution is 0.318. The molecule has 0 saturated heterocycles. The summed E-state index contributed by atoms with van der Waals surface area (Å²) in [7, 11) is 0. The van der Waals surface area contributed by atoms with Crippen molar-refractivity contribution in [3.63, 3.8) is 0 Å². The molecule has 1 aliphatic rings. The summed E-state index contributed by atoms with van der Waals surface area (Å²) in [6, 6.07) is 5.33. The van der Waals surface area contributed by atoms with Crippen molar-refractivity contribution in [3.05, 3.63) is 34.4 Å². The first-order valence-corrected chi connectivity index (χ1v) is 8.78. The largest absolute Gasteiger partial charge is 0.504 e. The van der Waals surface area contributed by atoms with Crippen LogP contribution in [0.4, 0.5) is 0 Å². The Morgan fingerprint density at radius 1 is 1.42 bits per heavy atom. The van der Waals surface area contributed by atoms with Crippen molar-refractivity contribution in [2.75, 3.05) is 6.61 Å². The summed E-state index contributed by atoms with van der Waals surface area (Å²) in [5, 5.41) is 21.9. The van der Waals surface area contributed by atoms with E-state index in [4.69, 9.17) is 17.0 Å². The molecule has 0 radical (unpaired) electrons. The van der Waals surface area contributed by atoms with Crippen molar-refractivity contribution in [3.8, 4) is 11.5 Å². The number of phenols is 1. The third-order valence-electron chi connectivity index (χ3n) is 4.29. The number of nitrogens with zero attached hydrogens (tertiary/aromatic N) is 3. The van der Waals surface area contributed by atoms with E-state index >= 15 is 0 Å². The van der Waals surface area contributed by atoms with E-state index in [1.807, 2.05) is 13.0 Å². The number of aromatic amines is 1. The first kappa shape index (κ1) is 16.7. The van der Waals surface area contributed by atoms with Gasteiger partial charge >= 0.3 is 0 Å². The summed E-state index contributed by atoms with van der Waals surface area (Å²) in [5.41, 5.74) is 0.582. The van der Waals surface area contributed by atoms with Gasteiger partial charge < -0.3 is 9.84 Å². The van der Waals surface area contributed by atoms with Gasteiger partial charge in [0.1, 0.15) is 0 Å². The second kappa shape index (κ2) is 7.61. The Morgan fingerprint density at radius 2 is 2.21 bits per heavy atom. The Kier molecular flexibility index (Phi) is 5.30. The van der Waals surface area contributed by atoms with Gasteiger partial charge in [-0.15, -0.1) is 0 Å². The molecule has 128 valence electrons. The van der Waals surface area contributed by atoms with E-state index < -0.39 is 0 Å². The van der Waals surface area contributed by atoms with E-state index in [1.54, 1.807) is 23.0 Å². The summed E-state index contributed by atoms with van der Waals surface area (Å²) in [6.45, 7) is 2.37. The van der Waals surface area contributed by atoms with Gasteiger partial charge in [-0.05, 0) is 44.1 Å². The molecule has 24 heavy (non-hydrogen) atoms. The highest BCUT2D eigenvalue weighted by Gasteiger charge is 2.21. The topological polar surface area (TPSA) is 75.4 Å². The molecule has 0 unspecified atom stereocenters. The second-order valence-corrected chi connectivity index (χ2v) is 6.29. The van der Waals surface area contributed by atoms with E-state index in [0.29, 0.717) is 28.6 Å². The number of phenolic OH excluding ortho intramolecular Hbond substituents is 1. The highest BCUT2D eigenvalue weighted by Crippen LogP contribution is 2.32. The van der Waals surface area contributed by atoms with Crippen LogP contribution >= 0.6 is 12.2 Å². The first-order chi connectivity index (χ1) is 11.7. The van der Waals surface area contributed by atoms with Gasteiger partial charge in [0.2, 0.25) is 4.77 Å². The molecular formula is C17H22N4O2S. The van der Waals surface area contributed by atoms with Crippen LogP contribution in [0.15, 0.2) is 23.3 Å². The highest BCUT2D eigenvalue weighted by molar-refractivity contribution is 7.71. The van der Waals surface area contributed by atoms with E-state index in [2.05, 4.69) is 15.3 Å². The van der Waals surface area contributed by atoms with Crippen LogP contribution < -0.4 is 4.74 Å². The molecule has 6 nitrogen and oxygen atoms in total. The Balaban J connectivity index is 1.89. The number of para-hydroxylation sites is 1. The normalized spacial score (nSPS) is 15.9. The van der Waals surface area contributed by atoms with Crippen LogP contribution in [-0.4, -0.2) is 32.8 Å². The van der Waals surface area contributed by atoms with Gasteiger partial charge in [0, 0.05) is 11.5 Å². The van der Waals surface area contributed by atoms with Gasteiger partial charge in [0.15, 0.2) is 17.3 Å². The van der Waals surface area contributed by atoms with Gasteiger partial charge in [0.05, 0.1) is 12.8 Å². The van der Waals surface area contributed by atoms with E-state index in [9.17, 15) is 5.11 Å². The van der Waals surface area contributed by atoms with Gasteiger partial charge in [-0.1, -0.05) is 25.3 Å². The van der Waals surface area contributed by atoms with Gasteiger partial charge in [-0.2, -0.15) is 14.9 Å². The monoisotopic (exact) mass is 346 g/mol. The second-order valence-electron chi connectivity index (χ2n) is 5.91. The predicted molar refractivity (Wildman–Crippen MR) is 95.5 cm³/mol. The predicted octanol–water partition coefficient (Wildman–Crippen LogP) is 3.97. The molecule has 0 aliphatic heterocycles. The zero-order valence-electron chi connectivity index (χ0n) is 13.7. The van der Waals surface area contributed by atoms with Crippen LogP contribution in [-0.2, 0) is 0 Å². The third-order valence-corrected chi connectivity index (χ3v) is 4.55. The maximum atomic E-state index is 10.3. The Labute approximate surface area is 146 Å². The van der Waals surface area contributed by atoms with E-state index in [1.165, 1.54) is 19.3 Å². The SMILES string of the molecule is CCOc1cccc(/C=N\n2c(C3CCCCC3)n[nH]c2=S)c1O. The molecule has 0 amide bonds. The van der Waals surface area contributed by atoms with Gasteiger partial charge in [-0.3, -0.25) is 5.10 Å². The lowest BCUT2D eigenvalue weighted by Crippen LogP contribution is -2.10. The number of hydrogen-bond donors (Lipinski definition) is 2. The Hall–Kier alpha value is -2.15. The van der Waals surface area contributed by atoms with Crippen LogP contribution in [0.25, 0.3) is 0 Å². The van der Waals surface area contributed by atoms with Crippen molar-refractivity contribution >= 4 is 18.4 Å². The van der Waals surface area contributed by atoms with E-state index in [-0.39, 0.29) is 5.75 Å². The number of rotatable bonds is 5. The standard InChI is InChI=1S/C17H22N4O2S/c1-2-23-14-10-6-9-13(15(14)22)11-18-21-16(19-20-17(21)24)12-7-4-3-5-8-12/h6,9-12,22H,2-5,7-8H2,1H3,(H,20,24)/b18-11-. The van der Waals surface area contributed by atoms with E-state index in [0.717, 1.165) is 18.7 Å². The molecule has 1 aromatic heterocycles. The average Bonchev–Trinajstić information content (AvgIpc) is 2.97. The number of nitrogens with one attached hydrogen (secondary N) is 1. The Bertz CT molecular complexity index is 775. The molecule has 3 rings (SSSR count). The van der Waals surface area contributed by atoms with Crippen molar-refractivity contribution in [2.24, 2.45) is 5.10 Å². The Morgan fingerprint density at radius 3 is 2.96 bits per heavy atom. The lowest BCUT2D eigenvalue weighted by Gasteiger charge is -2.19. The molecule has 1 aliphatic carbocycles. The van der Waals surface area contributed by atoms with Crippen LogP contribution in [0.5, 0.6) is 11.5 Å². The molecule has 1 saturated carbocycles. The van der Waals surface area contributed by atoms with Crippen LogP contribution in [0.2, 0.25) is 0 Å². The average molecular weight is 346 g/mol. The number of aromatic hydroxyl groups is 1. The molecule has 1 fully saturated rings. The van der Waals surface area contributed by atoms with Crippen LogP contribution in [0.1, 0.15) is 56.3 Å². The molecule has 7 heteroatoms. The molecule has 2 aromatic rings. The number of hydrogen-bond acceptors (Lipinski definition) is 5.